The number of nitrogens with zero attached hydrogens (tertiary/aromatic N) is 1. The van der Waals surface area contributed by atoms with Gasteiger partial charge in [-0.3, -0.25) is 4.90 Å². The first-order valence-electron chi connectivity index (χ1n) is 4.27. The quantitative estimate of drug-likeness (QED) is 0.572. The van der Waals surface area contributed by atoms with Gasteiger partial charge in [-0.25, -0.2) is 0 Å². The first kappa shape index (κ1) is 6.62. The Morgan fingerprint density at radius 2 is 2.00 bits per heavy atom. The van der Waals surface area contributed by atoms with E-state index in [0.29, 0.717) is 6.04 Å². The maximum absolute atomic E-state index is 5.89. The summed E-state index contributed by atoms with van der Waals surface area (Å²) in [6.45, 7) is 4.64. The molecule has 2 atom stereocenters. The monoisotopic (exact) mass is 140 g/mol. The number of hydrogen-bond acceptors (Lipinski definition) is 2. The third kappa shape index (κ3) is 1.06. The van der Waals surface area contributed by atoms with E-state index >= 15 is 0 Å². The predicted molar refractivity (Wildman–Crippen MR) is 41.7 cm³/mol. The van der Waals surface area contributed by atoms with Crippen molar-refractivity contribution in [1.82, 2.24) is 4.90 Å². The number of hydrogen-bond donors (Lipinski definition) is 1. The SMILES string of the molecule is C[C@H]1CN(C2CC2)C[C@@H]1N. The maximum Gasteiger partial charge on any atom is 0.0206 e. The average Bonchev–Trinajstić information content (AvgIpc) is 2.64. The van der Waals surface area contributed by atoms with Gasteiger partial charge in [-0.15, -0.1) is 0 Å². The van der Waals surface area contributed by atoms with Gasteiger partial charge in [-0.05, 0) is 18.8 Å². The van der Waals surface area contributed by atoms with E-state index in [9.17, 15) is 0 Å². The molecule has 1 aliphatic carbocycles. The first-order valence-corrected chi connectivity index (χ1v) is 4.27. The largest absolute Gasteiger partial charge is 0.326 e. The molecule has 1 saturated heterocycles. The zero-order chi connectivity index (χ0) is 7.14. The number of rotatable bonds is 1. The third-order valence-corrected chi connectivity index (χ3v) is 2.76. The molecular formula is C8H16N2. The highest BCUT2D eigenvalue weighted by atomic mass is 15.2. The van der Waals surface area contributed by atoms with Gasteiger partial charge in [-0.2, -0.15) is 0 Å². The van der Waals surface area contributed by atoms with Crippen LogP contribution < -0.4 is 5.73 Å². The molecular weight excluding hydrogens is 124 g/mol. The maximum atomic E-state index is 5.89. The molecule has 2 rings (SSSR count). The zero-order valence-corrected chi connectivity index (χ0v) is 6.59. The van der Waals surface area contributed by atoms with Gasteiger partial charge in [0, 0.05) is 25.2 Å². The van der Waals surface area contributed by atoms with E-state index in [0.717, 1.165) is 18.5 Å². The lowest BCUT2D eigenvalue weighted by molar-refractivity contribution is 0.316. The molecule has 0 bridgehead atoms. The van der Waals surface area contributed by atoms with Crippen molar-refractivity contribution in [3.8, 4) is 0 Å². The van der Waals surface area contributed by atoms with Crippen LogP contribution in [0.4, 0.5) is 0 Å². The Labute approximate surface area is 62.4 Å². The van der Waals surface area contributed by atoms with Gasteiger partial charge in [0.15, 0.2) is 0 Å². The summed E-state index contributed by atoms with van der Waals surface area (Å²) < 4.78 is 0. The van der Waals surface area contributed by atoms with Crippen LogP contribution in [-0.4, -0.2) is 30.1 Å². The molecule has 2 aliphatic rings. The predicted octanol–water partition coefficient (Wildman–Crippen LogP) is 0.428. The summed E-state index contributed by atoms with van der Waals surface area (Å²) in [6.07, 6.45) is 2.83. The highest BCUT2D eigenvalue weighted by Gasteiger charge is 2.36. The molecule has 0 spiro atoms. The van der Waals surface area contributed by atoms with Gasteiger partial charge in [0.25, 0.3) is 0 Å². The molecule has 2 fully saturated rings. The molecule has 2 heteroatoms. The standard InChI is InChI=1S/C8H16N2/c1-6-4-10(5-8(6)9)7-2-3-7/h6-8H,2-5,9H2,1H3/t6-,8-/m0/s1. The molecule has 0 unspecified atom stereocenters. The van der Waals surface area contributed by atoms with Gasteiger partial charge in [0.1, 0.15) is 0 Å². The second kappa shape index (κ2) is 2.21. The second-order valence-corrected chi connectivity index (χ2v) is 3.83. The molecule has 1 aliphatic heterocycles. The van der Waals surface area contributed by atoms with Crippen molar-refractivity contribution in [3.05, 3.63) is 0 Å². The topological polar surface area (TPSA) is 29.3 Å². The van der Waals surface area contributed by atoms with Crippen molar-refractivity contribution in [1.29, 1.82) is 0 Å². The first-order chi connectivity index (χ1) is 4.77. The molecule has 2 N–H and O–H groups in total. The van der Waals surface area contributed by atoms with E-state index in [4.69, 9.17) is 5.73 Å². The summed E-state index contributed by atoms with van der Waals surface area (Å²) in [5, 5.41) is 0. The van der Waals surface area contributed by atoms with Crippen LogP contribution in [0, 0.1) is 5.92 Å². The second-order valence-electron chi connectivity index (χ2n) is 3.83. The molecule has 1 heterocycles. The van der Waals surface area contributed by atoms with Gasteiger partial charge in [-0.1, -0.05) is 6.92 Å². The lowest BCUT2D eigenvalue weighted by Gasteiger charge is -2.12. The summed E-state index contributed by atoms with van der Waals surface area (Å²) in [6, 6.07) is 1.36. The Hall–Kier alpha value is -0.0800. The van der Waals surface area contributed by atoms with E-state index in [-0.39, 0.29) is 0 Å². The van der Waals surface area contributed by atoms with Crippen LogP contribution in [0.15, 0.2) is 0 Å². The van der Waals surface area contributed by atoms with Crippen LogP contribution in [0.1, 0.15) is 19.8 Å². The Bertz CT molecular complexity index is 121. The highest BCUT2D eigenvalue weighted by Crippen LogP contribution is 2.30. The van der Waals surface area contributed by atoms with Crippen LogP contribution in [0.5, 0.6) is 0 Å². The molecule has 0 radical (unpaired) electrons. The average molecular weight is 140 g/mol. The number of nitrogens with two attached hydrogens (primary N) is 1. The molecule has 0 amide bonds. The van der Waals surface area contributed by atoms with Crippen LogP contribution in [-0.2, 0) is 0 Å². The van der Waals surface area contributed by atoms with Gasteiger partial charge >= 0.3 is 0 Å². The van der Waals surface area contributed by atoms with Crippen LogP contribution in [0.2, 0.25) is 0 Å². The summed E-state index contributed by atoms with van der Waals surface area (Å²) in [4.78, 5) is 2.55. The summed E-state index contributed by atoms with van der Waals surface area (Å²) in [5.74, 6) is 0.723. The summed E-state index contributed by atoms with van der Waals surface area (Å²) >= 11 is 0. The molecule has 2 nitrogen and oxygen atoms in total. The van der Waals surface area contributed by atoms with Crippen molar-refractivity contribution < 1.29 is 0 Å². The van der Waals surface area contributed by atoms with Gasteiger partial charge < -0.3 is 5.73 Å². The fraction of sp³-hybridized carbons (Fsp3) is 1.00. The lowest BCUT2D eigenvalue weighted by Crippen LogP contribution is -2.29. The van der Waals surface area contributed by atoms with E-state index in [2.05, 4.69) is 11.8 Å². The van der Waals surface area contributed by atoms with E-state index < -0.39 is 0 Å². The van der Waals surface area contributed by atoms with Crippen molar-refractivity contribution in [2.75, 3.05) is 13.1 Å². The Balaban J connectivity index is 1.90. The van der Waals surface area contributed by atoms with E-state index in [1.807, 2.05) is 0 Å². The smallest absolute Gasteiger partial charge is 0.0206 e. The van der Waals surface area contributed by atoms with Crippen molar-refractivity contribution in [2.24, 2.45) is 11.7 Å². The third-order valence-electron chi connectivity index (χ3n) is 2.76. The number of likely N-dealkylation sites (tertiary alicyclic amines) is 1. The minimum atomic E-state index is 0.445. The van der Waals surface area contributed by atoms with Gasteiger partial charge in [0.05, 0.1) is 0 Å². The Morgan fingerprint density at radius 1 is 1.30 bits per heavy atom. The zero-order valence-electron chi connectivity index (χ0n) is 6.59. The molecule has 10 heavy (non-hydrogen) atoms. The molecule has 58 valence electrons. The van der Waals surface area contributed by atoms with E-state index in [1.54, 1.807) is 0 Å². The Kier molecular flexibility index (Phi) is 1.46. The lowest BCUT2D eigenvalue weighted by atomic mass is 10.1. The molecule has 1 saturated carbocycles. The van der Waals surface area contributed by atoms with Gasteiger partial charge in [0.2, 0.25) is 0 Å². The summed E-state index contributed by atoms with van der Waals surface area (Å²) in [7, 11) is 0. The molecule has 0 aromatic rings. The minimum absolute atomic E-state index is 0.445. The van der Waals surface area contributed by atoms with Crippen LogP contribution in [0.25, 0.3) is 0 Å². The van der Waals surface area contributed by atoms with Crippen molar-refractivity contribution in [2.45, 2.75) is 31.8 Å². The van der Waals surface area contributed by atoms with Crippen molar-refractivity contribution in [3.63, 3.8) is 0 Å². The van der Waals surface area contributed by atoms with Crippen LogP contribution in [0.3, 0.4) is 0 Å². The van der Waals surface area contributed by atoms with Crippen LogP contribution >= 0.6 is 0 Å². The highest BCUT2D eigenvalue weighted by molar-refractivity contribution is 4.93. The normalized spacial score (nSPS) is 42.6. The molecule has 0 aromatic carbocycles. The molecule has 0 aromatic heterocycles. The Morgan fingerprint density at radius 3 is 2.40 bits per heavy atom. The summed E-state index contributed by atoms with van der Waals surface area (Å²) in [5.41, 5.74) is 5.89. The fourth-order valence-electron chi connectivity index (χ4n) is 1.77. The fourth-order valence-corrected chi connectivity index (χ4v) is 1.77. The van der Waals surface area contributed by atoms with Crippen molar-refractivity contribution >= 4 is 0 Å². The minimum Gasteiger partial charge on any atom is -0.326 e. The van der Waals surface area contributed by atoms with E-state index in [1.165, 1.54) is 19.4 Å².